The number of ketones is 1. The van der Waals surface area contributed by atoms with Gasteiger partial charge in [-0.1, -0.05) is 23.7 Å². The molecular weight excluding hydrogens is 368 g/mol. The minimum Gasteiger partial charge on any atom is -0.495 e. The standard InChI is InChI=1S/C20H17ClN2O4/c1-26-16-6-3-2-5-15(16)22-19(23-20(25)17-7-4-12-27-17)18(24)13-8-10-14(21)11-9-13/h2-12,19,22H,1H3,(H,23,25)/t19-/m0/s1. The van der Waals surface area contributed by atoms with Gasteiger partial charge in [0, 0.05) is 10.6 Å². The Morgan fingerprint density at radius 2 is 1.78 bits per heavy atom. The Morgan fingerprint density at radius 1 is 1.04 bits per heavy atom. The van der Waals surface area contributed by atoms with Crippen molar-refractivity contribution in [3.8, 4) is 5.75 Å². The third-order valence-corrected chi connectivity index (χ3v) is 4.07. The number of carbonyl (C=O) groups is 2. The van der Waals surface area contributed by atoms with E-state index in [1.54, 1.807) is 48.5 Å². The van der Waals surface area contributed by atoms with Crippen LogP contribution in [0.3, 0.4) is 0 Å². The number of amides is 1. The van der Waals surface area contributed by atoms with Crippen LogP contribution >= 0.6 is 11.6 Å². The molecule has 0 bridgehead atoms. The molecule has 0 aliphatic carbocycles. The van der Waals surface area contributed by atoms with E-state index in [0.29, 0.717) is 22.0 Å². The normalized spacial score (nSPS) is 11.5. The highest BCUT2D eigenvalue weighted by atomic mass is 35.5. The lowest BCUT2D eigenvalue weighted by Crippen LogP contribution is -2.46. The first-order chi connectivity index (χ1) is 13.1. The minimum absolute atomic E-state index is 0.103. The van der Waals surface area contributed by atoms with Crippen LogP contribution in [0.2, 0.25) is 5.02 Å². The van der Waals surface area contributed by atoms with Crippen LogP contribution in [0.15, 0.2) is 71.3 Å². The Labute approximate surface area is 161 Å². The average Bonchev–Trinajstić information content (AvgIpc) is 3.23. The monoisotopic (exact) mass is 384 g/mol. The maximum atomic E-state index is 13.0. The Bertz CT molecular complexity index is 923. The van der Waals surface area contributed by atoms with Crippen LogP contribution in [-0.2, 0) is 0 Å². The molecular formula is C20H17ClN2O4. The molecule has 0 aliphatic rings. The Hall–Kier alpha value is -3.25. The number of rotatable bonds is 7. The van der Waals surface area contributed by atoms with E-state index in [1.807, 2.05) is 6.07 Å². The summed E-state index contributed by atoms with van der Waals surface area (Å²) in [5.74, 6) is -0.212. The quantitative estimate of drug-likeness (QED) is 0.475. The number of furan rings is 1. The second-order valence-corrected chi connectivity index (χ2v) is 6.04. The highest BCUT2D eigenvalue weighted by molar-refractivity contribution is 6.30. The second kappa shape index (κ2) is 8.42. The highest BCUT2D eigenvalue weighted by Crippen LogP contribution is 2.24. The van der Waals surface area contributed by atoms with Crippen LogP contribution in [0, 0.1) is 0 Å². The number of anilines is 1. The smallest absolute Gasteiger partial charge is 0.288 e. The van der Waals surface area contributed by atoms with Gasteiger partial charge in [-0.15, -0.1) is 0 Å². The number of Topliss-reactive ketones (excluding diaryl/α,β-unsaturated/α-hetero) is 1. The number of hydrogen-bond donors (Lipinski definition) is 2. The van der Waals surface area contributed by atoms with Crippen LogP contribution in [0.4, 0.5) is 5.69 Å². The van der Waals surface area contributed by atoms with Gasteiger partial charge < -0.3 is 19.8 Å². The predicted octanol–water partition coefficient (Wildman–Crippen LogP) is 3.99. The molecule has 0 saturated carbocycles. The van der Waals surface area contributed by atoms with E-state index in [0.717, 1.165) is 0 Å². The number of hydrogen-bond acceptors (Lipinski definition) is 5. The molecule has 0 spiro atoms. The van der Waals surface area contributed by atoms with Gasteiger partial charge in [0.2, 0.25) is 5.78 Å². The third kappa shape index (κ3) is 4.48. The maximum absolute atomic E-state index is 13.0. The van der Waals surface area contributed by atoms with Gasteiger partial charge in [0.15, 0.2) is 11.9 Å². The van der Waals surface area contributed by atoms with Crippen molar-refractivity contribution in [1.82, 2.24) is 5.32 Å². The molecule has 1 heterocycles. The van der Waals surface area contributed by atoms with Gasteiger partial charge in [-0.2, -0.15) is 0 Å². The average molecular weight is 385 g/mol. The summed E-state index contributed by atoms with van der Waals surface area (Å²) in [4.78, 5) is 25.4. The predicted molar refractivity (Wildman–Crippen MR) is 102 cm³/mol. The van der Waals surface area contributed by atoms with Crippen molar-refractivity contribution in [1.29, 1.82) is 0 Å². The van der Waals surface area contributed by atoms with Gasteiger partial charge in [-0.25, -0.2) is 0 Å². The van der Waals surface area contributed by atoms with Crippen LogP contribution in [-0.4, -0.2) is 25.0 Å². The van der Waals surface area contributed by atoms with Crippen LogP contribution in [0.5, 0.6) is 5.75 Å². The number of carbonyl (C=O) groups excluding carboxylic acids is 2. The number of ether oxygens (including phenoxy) is 1. The maximum Gasteiger partial charge on any atom is 0.288 e. The van der Waals surface area contributed by atoms with Crippen LogP contribution < -0.4 is 15.4 Å². The largest absolute Gasteiger partial charge is 0.495 e. The molecule has 0 unspecified atom stereocenters. The highest BCUT2D eigenvalue weighted by Gasteiger charge is 2.24. The van der Waals surface area contributed by atoms with Crippen LogP contribution in [0.25, 0.3) is 0 Å². The number of halogens is 1. The molecule has 0 fully saturated rings. The van der Waals surface area contributed by atoms with Gasteiger partial charge in [0.25, 0.3) is 5.91 Å². The SMILES string of the molecule is COc1ccccc1N[C@@H](NC(=O)c1ccco1)C(=O)c1ccc(Cl)cc1. The van der Waals surface area contributed by atoms with Gasteiger partial charge in [-0.05, 0) is 48.5 Å². The summed E-state index contributed by atoms with van der Waals surface area (Å²) in [5.41, 5.74) is 0.957. The van der Waals surface area contributed by atoms with Gasteiger partial charge >= 0.3 is 0 Å². The number of benzene rings is 2. The first kappa shape index (κ1) is 18.5. The zero-order valence-corrected chi connectivity index (χ0v) is 15.2. The van der Waals surface area contributed by atoms with Gasteiger partial charge in [0.05, 0.1) is 19.1 Å². The summed E-state index contributed by atoms with van der Waals surface area (Å²) in [6.07, 6.45) is 0.346. The molecule has 6 nitrogen and oxygen atoms in total. The molecule has 7 heteroatoms. The van der Waals surface area contributed by atoms with E-state index in [1.165, 1.54) is 19.4 Å². The van der Waals surface area contributed by atoms with Crippen molar-refractivity contribution >= 4 is 29.0 Å². The molecule has 0 radical (unpaired) electrons. The van der Waals surface area contributed by atoms with Gasteiger partial charge in [-0.3, -0.25) is 9.59 Å². The molecule has 2 N–H and O–H groups in total. The fourth-order valence-electron chi connectivity index (χ4n) is 2.48. The molecule has 2 aromatic carbocycles. The number of para-hydroxylation sites is 2. The lowest BCUT2D eigenvalue weighted by Gasteiger charge is -2.21. The van der Waals surface area contributed by atoms with E-state index >= 15 is 0 Å². The fourth-order valence-corrected chi connectivity index (χ4v) is 2.60. The summed E-state index contributed by atoms with van der Waals surface area (Å²) in [7, 11) is 1.53. The number of methoxy groups -OCH3 is 1. The summed E-state index contributed by atoms with van der Waals surface area (Å²) < 4.78 is 10.4. The summed E-state index contributed by atoms with van der Waals surface area (Å²) in [5, 5.41) is 6.19. The first-order valence-corrected chi connectivity index (χ1v) is 8.50. The Morgan fingerprint density at radius 3 is 2.44 bits per heavy atom. The van der Waals surface area contributed by atoms with E-state index < -0.39 is 12.1 Å². The van der Waals surface area contributed by atoms with Crippen molar-refractivity contribution in [3.63, 3.8) is 0 Å². The van der Waals surface area contributed by atoms with Gasteiger partial charge in [0.1, 0.15) is 5.75 Å². The van der Waals surface area contributed by atoms with E-state index in [4.69, 9.17) is 20.8 Å². The molecule has 1 atom stereocenters. The zero-order chi connectivity index (χ0) is 19.2. The lowest BCUT2D eigenvalue weighted by atomic mass is 10.1. The van der Waals surface area contributed by atoms with E-state index in [-0.39, 0.29) is 11.5 Å². The molecule has 138 valence electrons. The summed E-state index contributed by atoms with van der Waals surface area (Å²) >= 11 is 5.89. The molecule has 0 saturated heterocycles. The Balaban J connectivity index is 1.89. The topological polar surface area (TPSA) is 80.6 Å². The van der Waals surface area contributed by atoms with Crippen molar-refractivity contribution in [2.45, 2.75) is 6.17 Å². The van der Waals surface area contributed by atoms with Crippen molar-refractivity contribution in [2.75, 3.05) is 12.4 Å². The summed E-state index contributed by atoms with van der Waals surface area (Å²) in [6, 6.07) is 16.6. The van der Waals surface area contributed by atoms with E-state index in [2.05, 4.69) is 10.6 Å². The minimum atomic E-state index is -1.04. The van der Waals surface area contributed by atoms with Crippen molar-refractivity contribution in [3.05, 3.63) is 83.3 Å². The van der Waals surface area contributed by atoms with Crippen molar-refractivity contribution < 1.29 is 18.7 Å². The van der Waals surface area contributed by atoms with Crippen LogP contribution in [0.1, 0.15) is 20.9 Å². The molecule has 27 heavy (non-hydrogen) atoms. The molecule has 3 rings (SSSR count). The fraction of sp³-hybridized carbons (Fsp3) is 0.100. The van der Waals surface area contributed by atoms with E-state index in [9.17, 15) is 9.59 Å². The first-order valence-electron chi connectivity index (χ1n) is 8.12. The summed E-state index contributed by atoms with van der Waals surface area (Å²) in [6.45, 7) is 0. The molecule has 1 aromatic heterocycles. The second-order valence-electron chi connectivity index (χ2n) is 5.60. The zero-order valence-electron chi connectivity index (χ0n) is 14.4. The molecule has 0 aliphatic heterocycles. The Kier molecular flexibility index (Phi) is 5.78. The third-order valence-electron chi connectivity index (χ3n) is 3.82. The molecule has 1 amide bonds. The number of nitrogens with one attached hydrogen (secondary N) is 2. The molecule has 3 aromatic rings. The lowest BCUT2D eigenvalue weighted by molar-refractivity contribution is 0.0852. The van der Waals surface area contributed by atoms with Crippen molar-refractivity contribution in [2.24, 2.45) is 0 Å².